The zero-order valence-corrected chi connectivity index (χ0v) is 12.6. The first-order valence-corrected chi connectivity index (χ1v) is 8.40. The number of nitrogens with two attached hydrogens (primary N) is 1. The van der Waals surface area contributed by atoms with Crippen LogP contribution in [0.15, 0.2) is 17.1 Å². The number of ether oxygens (including phenoxy) is 2. The molecular formula is C11H15N4O7P. The number of nitrogen functional groups attached to an aromatic ring is 1. The van der Waals surface area contributed by atoms with E-state index >= 15 is 0 Å². The van der Waals surface area contributed by atoms with Crippen molar-refractivity contribution in [3.8, 4) is 0 Å². The van der Waals surface area contributed by atoms with E-state index in [1.165, 1.54) is 16.8 Å². The van der Waals surface area contributed by atoms with Gasteiger partial charge in [0.05, 0.1) is 5.39 Å². The van der Waals surface area contributed by atoms with Crippen LogP contribution in [-0.4, -0.2) is 48.2 Å². The molecule has 0 aromatic carbocycles. The molecule has 2 aromatic heterocycles. The number of aliphatic hydroxyl groups is 1. The fourth-order valence-electron chi connectivity index (χ4n) is 2.42. The number of aromatic amines is 1. The van der Waals surface area contributed by atoms with Crippen LogP contribution in [0.2, 0.25) is 0 Å². The summed E-state index contributed by atoms with van der Waals surface area (Å²) in [4.78, 5) is 35.7. The van der Waals surface area contributed by atoms with Crippen LogP contribution >= 0.6 is 7.60 Å². The fourth-order valence-corrected chi connectivity index (χ4v) is 2.78. The summed E-state index contributed by atoms with van der Waals surface area (Å²) < 4.78 is 22.6. The molecule has 2 aromatic rings. The Morgan fingerprint density at radius 2 is 2.30 bits per heavy atom. The van der Waals surface area contributed by atoms with E-state index in [0.717, 1.165) is 0 Å². The summed E-state index contributed by atoms with van der Waals surface area (Å²) in [6.07, 6.45) is -2.19. The maximum atomic E-state index is 11.8. The first-order valence-electron chi connectivity index (χ1n) is 6.60. The van der Waals surface area contributed by atoms with E-state index < -0.39 is 38.1 Å². The van der Waals surface area contributed by atoms with Gasteiger partial charge < -0.3 is 34.7 Å². The first-order chi connectivity index (χ1) is 10.7. The van der Waals surface area contributed by atoms with E-state index in [4.69, 9.17) is 25.0 Å². The van der Waals surface area contributed by atoms with Crippen LogP contribution in [0.3, 0.4) is 0 Å². The number of aliphatic hydroxyl groups excluding tert-OH is 1. The van der Waals surface area contributed by atoms with Gasteiger partial charge in [-0.3, -0.25) is 14.3 Å². The van der Waals surface area contributed by atoms with Crippen molar-refractivity contribution in [1.29, 1.82) is 0 Å². The van der Waals surface area contributed by atoms with Gasteiger partial charge >= 0.3 is 7.60 Å². The third kappa shape index (κ3) is 3.29. The van der Waals surface area contributed by atoms with Crippen LogP contribution < -0.4 is 11.3 Å². The molecule has 0 radical (unpaired) electrons. The highest BCUT2D eigenvalue weighted by Gasteiger charge is 2.37. The second-order valence-corrected chi connectivity index (χ2v) is 6.72. The zero-order valence-electron chi connectivity index (χ0n) is 11.7. The molecular weight excluding hydrogens is 331 g/mol. The molecule has 23 heavy (non-hydrogen) atoms. The highest BCUT2D eigenvalue weighted by Crippen LogP contribution is 2.37. The molecule has 1 fully saturated rings. The van der Waals surface area contributed by atoms with E-state index in [-0.39, 0.29) is 23.4 Å². The number of hydrogen-bond donors (Lipinski definition) is 5. The monoisotopic (exact) mass is 346 g/mol. The number of nitrogens with zero attached hydrogens (tertiary/aromatic N) is 2. The predicted octanol–water partition coefficient (Wildman–Crippen LogP) is -0.936. The number of nitrogens with one attached hydrogen (secondary N) is 1. The molecule has 6 N–H and O–H groups in total. The van der Waals surface area contributed by atoms with Gasteiger partial charge in [0.2, 0.25) is 5.95 Å². The summed E-state index contributed by atoms with van der Waals surface area (Å²) in [6, 6.07) is 1.50. The molecule has 0 aliphatic carbocycles. The van der Waals surface area contributed by atoms with Crippen molar-refractivity contribution in [1.82, 2.24) is 14.5 Å². The average molecular weight is 346 g/mol. The SMILES string of the molecule is Nc1nc2c(ccn2[C@@H]2O[C@H](OCP(=O)(O)O)C[C@@H]2O)c(=O)[nH]1. The third-order valence-electron chi connectivity index (χ3n) is 3.36. The normalized spacial score (nSPS) is 25.3. The van der Waals surface area contributed by atoms with E-state index in [1.54, 1.807) is 0 Å². The van der Waals surface area contributed by atoms with Crippen molar-refractivity contribution in [2.45, 2.75) is 25.0 Å². The lowest BCUT2D eigenvalue weighted by molar-refractivity contribution is -0.145. The quantitative estimate of drug-likeness (QED) is 0.438. The summed E-state index contributed by atoms with van der Waals surface area (Å²) in [5, 5.41) is 10.4. The number of H-pyrrole nitrogens is 1. The molecule has 1 aliphatic heterocycles. The second kappa shape index (κ2) is 5.71. The molecule has 0 bridgehead atoms. The van der Waals surface area contributed by atoms with Crippen molar-refractivity contribution in [3.05, 3.63) is 22.6 Å². The molecule has 0 amide bonds. The van der Waals surface area contributed by atoms with E-state index in [9.17, 15) is 14.5 Å². The Labute approximate surface area is 128 Å². The number of rotatable bonds is 4. The standard InChI is InChI=1S/C11H15N4O7P/c12-11-13-8-5(9(17)14-11)1-2-15(8)10-6(16)3-7(22-10)21-4-23(18,19)20/h1-2,6-7,10,16H,3-4H2,(H2,18,19,20)(H3,12,13,14,17)/t6-,7-,10+/m0/s1. The second-order valence-electron chi connectivity index (χ2n) is 5.13. The van der Waals surface area contributed by atoms with Gasteiger partial charge in [-0.25, -0.2) is 0 Å². The summed E-state index contributed by atoms with van der Waals surface area (Å²) in [7, 11) is -4.33. The van der Waals surface area contributed by atoms with Crippen molar-refractivity contribution in [3.63, 3.8) is 0 Å². The zero-order chi connectivity index (χ0) is 16.8. The maximum Gasteiger partial charge on any atom is 0.351 e. The van der Waals surface area contributed by atoms with Crippen molar-refractivity contribution < 1.29 is 28.9 Å². The van der Waals surface area contributed by atoms with Crippen LogP contribution in [0.1, 0.15) is 12.6 Å². The largest absolute Gasteiger partial charge is 0.388 e. The van der Waals surface area contributed by atoms with Crippen molar-refractivity contribution in [2.75, 3.05) is 12.1 Å². The van der Waals surface area contributed by atoms with Crippen LogP contribution in [-0.2, 0) is 14.0 Å². The Balaban J connectivity index is 1.85. The van der Waals surface area contributed by atoms with Gasteiger partial charge in [-0.2, -0.15) is 4.98 Å². The lowest BCUT2D eigenvalue weighted by atomic mass is 10.2. The van der Waals surface area contributed by atoms with Gasteiger partial charge in [0.15, 0.2) is 24.5 Å². The summed E-state index contributed by atoms with van der Waals surface area (Å²) in [5.41, 5.74) is 5.32. The van der Waals surface area contributed by atoms with E-state index in [1.807, 2.05) is 0 Å². The lowest BCUT2D eigenvalue weighted by Gasteiger charge is -2.17. The molecule has 1 saturated heterocycles. The molecule has 0 spiro atoms. The molecule has 3 rings (SSSR count). The summed E-state index contributed by atoms with van der Waals surface area (Å²) >= 11 is 0. The molecule has 3 heterocycles. The maximum absolute atomic E-state index is 11.8. The highest BCUT2D eigenvalue weighted by molar-refractivity contribution is 7.51. The molecule has 11 nitrogen and oxygen atoms in total. The van der Waals surface area contributed by atoms with Crippen LogP contribution in [0.4, 0.5) is 5.95 Å². The summed E-state index contributed by atoms with van der Waals surface area (Å²) in [5.74, 6) is -0.0794. The number of fused-ring (bicyclic) bond motifs is 1. The topological polar surface area (TPSA) is 173 Å². The Hall–Kier alpha value is -1.75. The number of aromatic nitrogens is 3. The first kappa shape index (κ1) is 16.1. The smallest absolute Gasteiger partial charge is 0.351 e. The van der Waals surface area contributed by atoms with Gasteiger partial charge in [-0.1, -0.05) is 0 Å². The Bertz CT molecular complexity index is 827. The van der Waals surface area contributed by atoms with E-state index in [0.29, 0.717) is 0 Å². The predicted molar refractivity (Wildman–Crippen MR) is 77.3 cm³/mol. The minimum absolute atomic E-state index is 0.0169. The molecule has 0 saturated carbocycles. The third-order valence-corrected chi connectivity index (χ3v) is 3.84. The number of anilines is 1. The summed E-state index contributed by atoms with van der Waals surface area (Å²) in [6.45, 7) is 0. The molecule has 0 unspecified atom stereocenters. The molecule has 12 heteroatoms. The van der Waals surface area contributed by atoms with Gasteiger partial charge in [0.25, 0.3) is 5.56 Å². The minimum atomic E-state index is -4.33. The van der Waals surface area contributed by atoms with Gasteiger partial charge in [0, 0.05) is 12.6 Å². The Kier molecular flexibility index (Phi) is 4.00. The Morgan fingerprint density at radius 1 is 1.57 bits per heavy atom. The van der Waals surface area contributed by atoms with Crippen molar-refractivity contribution in [2.24, 2.45) is 0 Å². The van der Waals surface area contributed by atoms with Crippen LogP contribution in [0.5, 0.6) is 0 Å². The minimum Gasteiger partial charge on any atom is -0.388 e. The van der Waals surface area contributed by atoms with Gasteiger partial charge in [-0.05, 0) is 6.07 Å². The number of hydrogen-bond acceptors (Lipinski definition) is 7. The van der Waals surface area contributed by atoms with Crippen LogP contribution in [0, 0.1) is 0 Å². The van der Waals surface area contributed by atoms with E-state index in [2.05, 4.69) is 9.97 Å². The van der Waals surface area contributed by atoms with Gasteiger partial charge in [-0.15, -0.1) is 0 Å². The molecule has 1 aliphatic rings. The van der Waals surface area contributed by atoms with Crippen molar-refractivity contribution >= 4 is 24.6 Å². The van der Waals surface area contributed by atoms with Crippen LogP contribution in [0.25, 0.3) is 11.0 Å². The average Bonchev–Trinajstić information content (AvgIpc) is 2.99. The molecule has 3 atom stereocenters. The Morgan fingerprint density at radius 3 is 3.00 bits per heavy atom. The van der Waals surface area contributed by atoms with Gasteiger partial charge in [0.1, 0.15) is 6.10 Å². The highest BCUT2D eigenvalue weighted by atomic mass is 31.2. The molecule has 126 valence electrons. The fraction of sp³-hybridized carbons (Fsp3) is 0.455. The lowest BCUT2D eigenvalue weighted by Crippen LogP contribution is -2.20.